The van der Waals surface area contributed by atoms with Crippen LogP contribution in [-0.4, -0.2) is 23.1 Å². The van der Waals surface area contributed by atoms with Crippen molar-refractivity contribution in [2.75, 3.05) is 6.54 Å². The van der Waals surface area contributed by atoms with Crippen LogP contribution in [0.25, 0.3) is 0 Å². The first-order valence-electron chi connectivity index (χ1n) is 8.15. The smallest absolute Gasteiger partial charge is 0.410 e. The van der Waals surface area contributed by atoms with Gasteiger partial charge in [0.2, 0.25) is 0 Å². The molecule has 1 aromatic carbocycles. The summed E-state index contributed by atoms with van der Waals surface area (Å²) >= 11 is 1.97. The van der Waals surface area contributed by atoms with Crippen molar-refractivity contribution >= 4 is 28.7 Å². The summed E-state index contributed by atoms with van der Waals surface area (Å²) in [4.78, 5) is 14.1. The molecule has 0 saturated heterocycles. The summed E-state index contributed by atoms with van der Waals surface area (Å²) in [6, 6.07) is 4.95. The van der Waals surface area contributed by atoms with Crippen LogP contribution in [0.3, 0.4) is 0 Å². The fraction of sp³-hybridized carbons (Fsp3) is 0.611. The minimum Gasteiger partial charge on any atom is -0.444 e. The third-order valence-corrected chi connectivity index (χ3v) is 4.12. The molecule has 23 heavy (non-hydrogen) atoms. The molecule has 3 nitrogen and oxygen atoms in total. The first-order valence-corrected chi connectivity index (χ1v) is 9.22. The number of halogens is 2. The van der Waals surface area contributed by atoms with Gasteiger partial charge in [-0.1, -0.05) is 32.3 Å². The number of rotatable bonds is 7. The molecular weight excluding hydrogens is 408 g/mol. The average molecular weight is 435 g/mol. The van der Waals surface area contributed by atoms with Crippen molar-refractivity contribution < 1.29 is 13.9 Å². The van der Waals surface area contributed by atoms with E-state index >= 15 is 0 Å². The van der Waals surface area contributed by atoms with Gasteiger partial charge in [-0.05, 0) is 67.5 Å². The summed E-state index contributed by atoms with van der Waals surface area (Å²) in [5.74, 6) is -0.235. The number of carbonyl (C=O) groups is 1. The van der Waals surface area contributed by atoms with E-state index < -0.39 is 5.60 Å². The minimum absolute atomic E-state index is 0.235. The summed E-state index contributed by atoms with van der Waals surface area (Å²) in [6.45, 7) is 8.84. The van der Waals surface area contributed by atoms with Crippen LogP contribution >= 0.6 is 22.6 Å². The second-order valence-corrected chi connectivity index (χ2v) is 7.87. The van der Waals surface area contributed by atoms with E-state index in [1.165, 1.54) is 6.07 Å². The van der Waals surface area contributed by atoms with Gasteiger partial charge in [-0.25, -0.2) is 9.18 Å². The van der Waals surface area contributed by atoms with Crippen molar-refractivity contribution in [2.45, 2.75) is 65.5 Å². The molecule has 0 unspecified atom stereocenters. The molecule has 0 aromatic heterocycles. The summed E-state index contributed by atoms with van der Waals surface area (Å²) < 4.78 is 19.5. The number of nitrogens with zero attached hydrogens (tertiary/aromatic N) is 1. The summed E-state index contributed by atoms with van der Waals surface area (Å²) in [5, 5.41) is 0. The standard InChI is InChI=1S/C18H27FINO2/c1-5-6-7-8-11-21(17(22)23-18(2,3)4)13-14-9-10-15(19)16(20)12-14/h9-10,12H,5-8,11,13H2,1-4H3. The average Bonchev–Trinajstić information content (AvgIpc) is 2.44. The zero-order valence-corrected chi connectivity index (χ0v) is 16.7. The topological polar surface area (TPSA) is 29.5 Å². The van der Waals surface area contributed by atoms with Crippen LogP contribution in [0.4, 0.5) is 9.18 Å². The molecule has 1 aromatic rings. The highest BCUT2D eigenvalue weighted by molar-refractivity contribution is 14.1. The number of carbonyl (C=O) groups excluding carboxylic acids is 1. The predicted molar refractivity (Wildman–Crippen MR) is 99.9 cm³/mol. The first-order chi connectivity index (χ1) is 10.7. The van der Waals surface area contributed by atoms with Gasteiger partial charge in [-0.2, -0.15) is 0 Å². The van der Waals surface area contributed by atoms with E-state index in [0.29, 0.717) is 16.7 Å². The molecule has 0 aliphatic rings. The summed E-state index contributed by atoms with van der Waals surface area (Å²) in [6.07, 6.45) is 4.05. The molecule has 0 aliphatic heterocycles. The van der Waals surface area contributed by atoms with E-state index in [1.54, 1.807) is 17.0 Å². The van der Waals surface area contributed by atoms with Crippen LogP contribution in [0.5, 0.6) is 0 Å². The Hall–Kier alpha value is -0.850. The molecule has 1 amide bonds. The third-order valence-electron chi connectivity index (χ3n) is 3.29. The lowest BCUT2D eigenvalue weighted by Gasteiger charge is -2.27. The molecule has 1 rings (SSSR count). The molecule has 0 atom stereocenters. The highest BCUT2D eigenvalue weighted by atomic mass is 127. The molecule has 130 valence electrons. The molecule has 0 N–H and O–H groups in total. The van der Waals surface area contributed by atoms with Crippen LogP contribution < -0.4 is 0 Å². The molecule has 0 heterocycles. The van der Waals surface area contributed by atoms with Crippen LogP contribution in [0.1, 0.15) is 58.9 Å². The Balaban J connectivity index is 2.76. The Labute approximate surface area is 152 Å². The Morgan fingerprint density at radius 1 is 1.26 bits per heavy atom. The highest BCUT2D eigenvalue weighted by Gasteiger charge is 2.22. The zero-order chi connectivity index (χ0) is 17.5. The van der Waals surface area contributed by atoms with Gasteiger partial charge < -0.3 is 9.64 Å². The molecular formula is C18H27FINO2. The second kappa shape index (κ2) is 9.45. The van der Waals surface area contributed by atoms with Gasteiger partial charge in [0.1, 0.15) is 11.4 Å². The van der Waals surface area contributed by atoms with Gasteiger partial charge in [0.05, 0.1) is 0 Å². The molecule has 0 radical (unpaired) electrons. The van der Waals surface area contributed by atoms with Crippen molar-refractivity contribution in [2.24, 2.45) is 0 Å². The van der Waals surface area contributed by atoms with E-state index in [0.717, 1.165) is 31.2 Å². The second-order valence-electron chi connectivity index (χ2n) is 6.71. The largest absolute Gasteiger partial charge is 0.444 e. The fourth-order valence-corrected chi connectivity index (χ4v) is 2.73. The maximum absolute atomic E-state index is 13.4. The highest BCUT2D eigenvalue weighted by Crippen LogP contribution is 2.17. The van der Waals surface area contributed by atoms with Gasteiger partial charge >= 0.3 is 6.09 Å². The number of ether oxygens (including phenoxy) is 1. The summed E-state index contributed by atoms with van der Waals surface area (Å²) in [7, 11) is 0. The van der Waals surface area contributed by atoms with Gasteiger partial charge in [0.25, 0.3) is 0 Å². The minimum atomic E-state index is -0.518. The van der Waals surface area contributed by atoms with Crippen LogP contribution in [0.2, 0.25) is 0 Å². The van der Waals surface area contributed by atoms with Gasteiger partial charge in [-0.15, -0.1) is 0 Å². The van der Waals surface area contributed by atoms with Crippen LogP contribution in [0, 0.1) is 9.39 Å². The maximum atomic E-state index is 13.4. The van der Waals surface area contributed by atoms with E-state index in [2.05, 4.69) is 6.92 Å². The van der Waals surface area contributed by atoms with Crippen molar-refractivity contribution in [3.8, 4) is 0 Å². The quantitative estimate of drug-likeness (QED) is 0.403. The number of hydrogen-bond acceptors (Lipinski definition) is 2. The lowest BCUT2D eigenvalue weighted by atomic mass is 10.1. The molecule has 0 spiro atoms. The molecule has 5 heteroatoms. The Bertz CT molecular complexity index is 514. The van der Waals surface area contributed by atoms with Crippen LogP contribution in [-0.2, 0) is 11.3 Å². The van der Waals surface area contributed by atoms with E-state index in [9.17, 15) is 9.18 Å². The first kappa shape index (κ1) is 20.2. The van der Waals surface area contributed by atoms with E-state index in [1.807, 2.05) is 43.4 Å². The number of benzene rings is 1. The third kappa shape index (κ3) is 7.99. The molecule has 0 saturated carbocycles. The molecule has 0 fully saturated rings. The number of unbranched alkanes of at least 4 members (excludes halogenated alkanes) is 3. The number of hydrogen-bond donors (Lipinski definition) is 0. The molecule has 0 aliphatic carbocycles. The normalized spacial score (nSPS) is 11.4. The van der Waals surface area contributed by atoms with Gasteiger partial charge in [-0.3, -0.25) is 0 Å². The van der Waals surface area contributed by atoms with Crippen molar-refractivity contribution in [3.05, 3.63) is 33.1 Å². The number of amides is 1. The monoisotopic (exact) mass is 435 g/mol. The van der Waals surface area contributed by atoms with E-state index in [-0.39, 0.29) is 11.9 Å². The predicted octanol–water partition coefficient (Wildman–Crippen LogP) is 5.75. The SMILES string of the molecule is CCCCCCN(Cc1ccc(F)c(I)c1)C(=O)OC(C)(C)C. The molecule has 0 bridgehead atoms. The maximum Gasteiger partial charge on any atom is 0.410 e. The summed E-state index contributed by atoms with van der Waals surface area (Å²) in [5.41, 5.74) is 0.396. The van der Waals surface area contributed by atoms with Gasteiger partial charge in [0.15, 0.2) is 0 Å². The lowest BCUT2D eigenvalue weighted by molar-refractivity contribution is 0.0230. The van der Waals surface area contributed by atoms with Gasteiger partial charge in [0, 0.05) is 16.7 Å². The lowest BCUT2D eigenvalue weighted by Crippen LogP contribution is -2.37. The van der Waals surface area contributed by atoms with Crippen LogP contribution in [0.15, 0.2) is 18.2 Å². The fourth-order valence-electron chi connectivity index (χ4n) is 2.15. The zero-order valence-electron chi connectivity index (χ0n) is 14.5. The van der Waals surface area contributed by atoms with Crippen molar-refractivity contribution in [1.82, 2.24) is 4.90 Å². The Kier molecular flexibility index (Phi) is 8.29. The van der Waals surface area contributed by atoms with E-state index in [4.69, 9.17) is 4.74 Å². The van der Waals surface area contributed by atoms with Crippen molar-refractivity contribution in [3.63, 3.8) is 0 Å². The Morgan fingerprint density at radius 3 is 2.52 bits per heavy atom. The Morgan fingerprint density at radius 2 is 1.96 bits per heavy atom. The van der Waals surface area contributed by atoms with Crippen molar-refractivity contribution in [1.29, 1.82) is 0 Å².